The second-order valence-electron chi connectivity index (χ2n) is 9.82. The van der Waals surface area contributed by atoms with Gasteiger partial charge in [0.1, 0.15) is 18.1 Å². The summed E-state index contributed by atoms with van der Waals surface area (Å²) in [4.78, 5) is 32.1. The lowest BCUT2D eigenvalue weighted by atomic mass is 9.95. The van der Waals surface area contributed by atoms with Crippen LogP contribution in [-0.2, 0) is 22.7 Å². The second-order valence-corrected chi connectivity index (χ2v) is 9.82. The van der Waals surface area contributed by atoms with Crippen molar-refractivity contribution in [2.45, 2.75) is 32.5 Å². The van der Waals surface area contributed by atoms with Gasteiger partial charge in [-0.15, -0.1) is 0 Å². The zero-order chi connectivity index (χ0) is 28.9. The first kappa shape index (κ1) is 27.5. The molecule has 9 heteroatoms. The summed E-state index contributed by atoms with van der Waals surface area (Å²) < 4.78 is 13.1. The number of methoxy groups -OCH3 is 1. The zero-order valence-corrected chi connectivity index (χ0v) is 22.9. The van der Waals surface area contributed by atoms with Crippen LogP contribution < -0.4 is 9.47 Å². The SMILES string of the molecule is COc1cc([C@H]2C(=C(O)c3ccc(OCc4ccccc4C)cc3)C(=O)C(=O)N2CCCn2ccnc2)ccc1O. The van der Waals surface area contributed by atoms with Crippen molar-refractivity contribution in [3.63, 3.8) is 0 Å². The Hall–Kier alpha value is -5.05. The second kappa shape index (κ2) is 12.0. The maximum absolute atomic E-state index is 13.4. The predicted molar refractivity (Wildman–Crippen MR) is 152 cm³/mol. The van der Waals surface area contributed by atoms with Gasteiger partial charge in [0.2, 0.25) is 0 Å². The number of amides is 1. The number of imidazole rings is 1. The Bertz CT molecular complexity index is 1580. The Morgan fingerprint density at radius 2 is 1.80 bits per heavy atom. The molecule has 1 aromatic heterocycles. The van der Waals surface area contributed by atoms with Crippen molar-refractivity contribution in [3.05, 3.63) is 113 Å². The molecule has 0 bridgehead atoms. The highest BCUT2D eigenvalue weighted by Gasteiger charge is 2.46. The number of aryl methyl sites for hydroxylation is 2. The summed E-state index contributed by atoms with van der Waals surface area (Å²) >= 11 is 0. The monoisotopic (exact) mass is 553 g/mol. The highest BCUT2D eigenvalue weighted by Crippen LogP contribution is 2.42. The number of aliphatic hydroxyl groups excluding tert-OH is 1. The molecule has 1 saturated heterocycles. The molecule has 0 aliphatic carbocycles. The number of rotatable bonds is 10. The minimum atomic E-state index is -0.871. The van der Waals surface area contributed by atoms with E-state index in [1.807, 2.05) is 42.0 Å². The molecule has 210 valence electrons. The summed E-state index contributed by atoms with van der Waals surface area (Å²) in [5.41, 5.74) is 3.07. The van der Waals surface area contributed by atoms with Gasteiger partial charge in [-0.1, -0.05) is 30.3 Å². The van der Waals surface area contributed by atoms with Gasteiger partial charge in [-0.25, -0.2) is 4.98 Å². The highest BCUT2D eigenvalue weighted by molar-refractivity contribution is 6.46. The van der Waals surface area contributed by atoms with Gasteiger partial charge in [0.05, 0.1) is 25.1 Å². The summed E-state index contributed by atoms with van der Waals surface area (Å²) in [6.45, 7) is 3.27. The predicted octanol–water partition coefficient (Wildman–Crippen LogP) is 5.00. The van der Waals surface area contributed by atoms with Crippen LogP contribution in [0.4, 0.5) is 0 Å². The number of phenolic OH excluding ortho intramolecular Hbond substituents is 1. The molecule has 1 aliphatic rings. The van der Waals surface area contributed by atoms with Gasteiger partial charge in [-0.2, -0.15) is 0 Å². The average molecular weight is 554 g/mol. The van der Waals surface area contributed by atoms with E-state index in [2.05, 4.69) is 4.98 Å². The molecule has 0 radical (unpaired) electrons. The molecule has 2 heterocycles. The molecule has 41 heavy (non-hydrogen) atoms. The number of ketones is 1. The number of nitrogens with zero attached hydrogens (tertiary/aromatic N) is 3. The number of hydrogen-bond donors (Lipinski definition) is 2. The summed E-state index contributed by atoms with van der Waals surface area (Å²) in [5, 5.41) is 21.5. The molecule has 9 nitrogen and oxygen atoms in total. The number of phenols is 1. The van der Waals surface area contributed by atoms with Gasteiger partial charge in [-0.05, 0) is 66.4 Å². The van der Waals surface area contributed by atoms with E-state index in [0.29, 0.717) is 36.4 Å². The molecule has 1 fully saturated rings. The van der Waals surface area contributed by atoms with Crippen LogP contribution in [0.5, 0.6) is 17.2 Å². The largest absolute Gasteiger partial charge is 0.507 e. The fraction of sp³-hybridized carbons (Fsp3) is 0.219. The first-order chi connectivity index (χ1) is 19.9. The third kappa shape index (κ3) is 5.79. The number of carbonyl (C=O) groups excluding carboxylic acids is 2. The number of aromatic hydroxyl groups is 1. The van der Waals surface area contributed by atoms with Crippen molar-refractivity contribution < 1.29 is 29.3 Å². The third-order valence-electron chi connectivity index (χ3n) is 7.22. The Balaban J connectivity index is 1.45. The third-order valence-corrected chi connectivity index (χ3v) is 7.22. The molecule has 0 spiro atoms. The van der Waals surface area contributed by atoms with Gasteiger partial charge in [-0.3, -0.25) is 9.59 Å². The maximum Gasteiger partial charge on any atom is 0.295 e. The number of Topliss-reactive ketones (excluding diaryl/α,β-unsaturated/α-hetero) is 1. The van der Waals surface area contributed by atoms with E-state index < -0.39 is 17.7 Å². The van der Waals surface area contributed by atoms with E-state index in [1.165, 1.54) is 18.1 Å². The number of hydrogen-bond acceptors (Lipinski definition) is 7. The lowest BCUT2D eigenvalue weighted by molar-refractivity contribution is -0.139. The minimum Gasteiger partial charge on any atom is -0.507 e. The number of aliphatic hydroxyl groups is 1. The first-order valence-corrected chi connectivity index (χ1v) is 13.3. The van der Waals surface area contributed by atoms with Gasteiger partial charge < -0.3 is 29.2 Å². The van der Waals surface area contributed by atoms with Crippen LogP contribution in [0, 0.1) is 6.92 Å². The van der Waals surface area contributed by atoms with Crippen LogP contribution in [0.1, 0.15) is 34.7 Å². The zero-order valence-electron chi connectivity index (χ0n) is 22.9. The minimum absolute atomic E-state index is 0.0287. The average Bonchev–Trinajstić information content (AvgIpc) is 3.59. The molecular weight excluding hydrogens is 522 g/mol. The molecule has 5 rings (SSSR count). The topological polar surface area (TPSA) is 114 Å². The molecule has 1 amide bonds. The van der Waals surface area contributed by atoms with Crippen LogP contribution in [0.15, 0.2) is 91.0 Å². The van der Waals surface area contributed by atoms with Crippen LogP contribution >= 0.6 is 0 Å². The van der Waals surface area contributed by atoms with Crippen molar-refractivity contribution in [2.24, 2.45) is 0 Å². The summed E-state index contributed by atoms with van der Waals surface area (Å²) in [5.74, 6) is -1.04. The lowest BCUT2D eigenvalue weighted by Gasteiger charge is -2.26. The van der Waals surface area contributed by atoms with Crippen molar-refractivity contribution in [1.82, 2.24) is 14.5 Å². The van der Waals surface area contributed by atoms with E-state index in [1.54, 1.807) is 48.9 Å². The number of likely N-dealkylation sites (tertiary alicyclic amines) is 1. The quantitative estimate of drug-likeness (QED) is 0.161. The maximum atomic E-state index is 13.4. The van der Waals surface area contributed by atoms with E-state index >= 15 is 0 Å². The molecule has 4 aromatic rings. The normalized spacial score (nSPS) is 16.2. The summed E-state index contributed by atoms with van der Waals surface area (Å²) in [7, 11) is 1.42. The molecule has 3 aromatic carbocycles. The Labute approximate surface area is 237 Å². The molecular formula is C32H31N3O6. The molecule has 0 saturated carbocycles. The number of aromatic nitrogens is 2. The van der Waals surface area contributed by atoms with Gasteiger partial charge in [0.25, 0.3) is 11.7 Å². The number of benzene rings is 3. The van der Waals surface area contributed by atoms with Gasteiger partial charge >= 0.3 is 0 Å². The molecule has 1 aliphatic heterocycles. The molecule has 1 atom stereocenters. The van der Waals surface area contributed by atoms with Crippen molar-refractivity contribution in [3.8, 4) is 17.2 Å². The van der Waals surface area contributed by atoms with E-state index in [9.17, 15) is 19.8 Å². The fourth-order valence-electron chi connectivity index (χ4n) is 4.96. The van der Waals surface area contributed by atoms with Crippen molar-refractivity contribution in [2.75, 3.05) is 13.7 Å². The summed E-state index contributed by atoms with van der Waals surface area (Å²) in [6.07, 6.45) is 5.74. The standard InChI is InChI=1S/C32H31N3O6/c1-21-6-3-4-7-24(21)19-41-25-11-8-22(9-12-25)30(37)28-29(23-10-13-26(36)27(18-23)40-2)35(32(39)31(28)38)16-5-15-34-17-14-33-20-34/h3-4,6-14,17-18,20,29,36-37H,5,15-16,19H2,1-2H3/t29-/m0/s1. The van der Waals surface area contributed by atoms with Crippen molar-refractivity contribution in [1.29, 1.82) is 0 Å². The number of carbonyl (C=O) groups is 2. The van der Waals surface area contributed by atoms with Crippen LogP contribution in [0.2, 0.25) is 0 Å². The van der Waals surface area contributed by atoms with Crippen molar-refractivity contribution >= 4 is 17.4 Å². The number of ether oxygens (including phenoxy) is 2. The Morgan fingerprint density at radius 3 is 2.51 bits per heavy atom. The Morgan fingerprint density at radius 1 is 1.02 bits per heavy atom. The van der Waals surface area contributed by atoms with E-state index in [0.717, 1.165) is 11.1 Å². The molecule has 0 unspecified atom stereocenters. The van der Waals surface area contributed by atoms with Gasteiger partial charge in [0.15, 0.2) is 11.5 Å². The Kier molecular flexibility index (Phi) is 8.05. The van der Waals surface area contributed by atoms with Crippen LogP contribution in [-0.4, -0.2) is 50.0 Å². The van der Waals surface area contributed by atoms with E-state index in [4.69, 9.17) is 9.47 Å². The van der Waals surface area contributed by atoms with Crippen LogP contribution in [0.25, 0.3) is 5.76 Å². The highest BCUT2D eigenvalue weighted by atomic mass is 16.5. The van der Waals surface area contributed by atoms with Crippen LogP contribution in [0.3, 0.4) is 0 Å². The smallest absolute Gasteiger partial charge is 0.295 e. The molecule has 2 N–H and O–H groups in total. The lowest BCUT2D eigenvalue weighted by Crippen LogP contribution is -2.31. The van der Waals surface area contributed by atoms with E-state index in [-0.39, 0.29) is 29.4 Å². The van der Waals surface area contributed by atoms with Gasteiger partial charge in [0, 0.05) is 31.0 Å². The summed E-state index contributed by atoms with van der Waals surface area (Å²) in [6, 6.07) is 18.5. The first-order valence-electron chi connectivity index (χ1n) is 13.3. The fourth-order valence-corrected chi connectivity index (χ4v) is 4.96.